The van der Waals surface area contributed by atoms with Crippen molar-refractivity contribution >= 4 is 0 Å². The Labute approximate surface area is 322 Å². The summed E-state index contributed by atoms with van der Waals surface area (Å²) in [6, 6.07) is 15.9. The van der Waals surface area contributed by atoms with Crippen LogP contribution in [-0.4, -0.2) is 20.4 Å². The van der Waals surface area contributed by atoms with Crippen LogP contribution >= 0.6 is 0 Å². The Bertz CT molecular complexity index is 1800. The summed E-state index contributed by atoms with van der Waals surface area (Å²) in [5.74, 6) is 1.80. The molecule has 4 aromatic carbocycles. The number of phenols is 4. The molecule has 0 fully saturated rings. The fourth-order valence-electron chi connectivity index (χ4n) is 8.24. The van der Waals surface area contributed by atoms with Crippen LogP contribution in [-0.2, 0) is 21.7 Å². The van der Waals surface area contributed by atoms with Crippen LogP contribution in [0.3, 0.4) is 0 Å². The summed E-state index contributed by atoms with van der Waals surface area (Å²) in [5.41, 5.74) is 13.2. The highest BCUT2D eigenvalue weighted by Crippen LogP contribution is 2.45. The number of hydrogen-bond acceptors (Lipinski definition) is 4. The van der Waals surface area contributed by atoms with Crippen molar-refractivity contribution in [3.8, 4) is 23.0 Å². The molecule has 4 N–H and O–H groups in total. The molecule has 0 aliphatic heterocycles. The van der Waals surface area contributed by atoms with E-state index in [2.05, 4.69) is 121 Å². The van der Waals surface area contributed by atoms with E-state index in [0.29, 0.717) is 23.0 Å². The Morgan fingerprint density at radius 2 is 0.774 bits per heavy atom. The minimum atomic E-state index is -0.0692. The third-order valence-electron chi connectivity index (χ3n) is 10.9. The highest BCUT2D eigenvalue weighted by atomic mass is 16.3. The van der Waals surface area contributed by atoms with Gasteiger partial charge in [-0.25, -0.2) is 0 Å². The molecule has 0 bridgehead atoms. The smallest absolute Gasteiger partial charge is 0.118 e. The van der Waals surface area contributed by atoms with Crippen LogP contribution in [0.2, 0.25) is 0 Å². The first-order valence-electron chi connectivity index (χ1n) is 19.4. The van der Waals surface area contributed by atoms with E-state index in [9.17, 15) is 20.4 Å². The van der Waals surface area contributed by atoms with Gasteiger partial charge in [-0.15, -0.1) is 0 Å². The zero-order valence-electron chi connectivity index (χ0n) is 36.3. The molecule has 0 amide bonds. The van der Waals surface area contributed by atoms with E-state index >= 15 is 0 Å². The standard InChI is InChI=1S/C25H36O2.C24H34O2/c1-10-17(18-11-15(2)22(26)13-20(18)24(4,5)6)19-12-16(3)23(27)14-21(19)25(7,8)9;1-14(17-10-12-19(25)15(2)21(17)23(4,5)6)18-11-13-20(26)16(3)22(18)24(7,8)9/h11-14,17,26-27H,10H2,1-9H3;10-14,25-26H,1-9H3. The predicted molar refractivity (Wildman–Crippen MR) is 226 cm³/mol. The van der Waals surface area contributed by atoms with Crippen molar-refractivity contribution in [2.45, 2.75) is 165 Å². The van der Waals surface area contributed by atoms with Crippen molar-refractivity contribution in [1.82, 2.24) is 0 Å². The second-order valence-corrected chi connectivity index (χ2v) is 19.5. The number of benzene rings is 4. The fraction of sp³-hybridized carbons (Fsp3) is 0.510. The zero-order chi connectivity index (χ0) is 40.8. The van der Waals surface area contributed by atoms with Gasteiger partial charge in [-0.2, -0.15) is 0 Å². The SMILES string of the molecule is CCC(c1cc(C)c(O)cc1C(C)(C)C)c1cc(C)c(O)cc1C(C)(C)C.Cc1c(O)ccc(C(C)c2ccc(O)c(C)c2C(C)(C)C)c1C(C)(C)C. The van der Waals surface area contributed by atoms with Gasteiger partial charge >= 0.3 is 0 Å². The molecule has 4 nitrogen and oxygen atoms in total. The van der Waals surface area contributed by atoms with Crippen LogP contribution in [0.1, 0.15) is 182 Å². The molecule has 290 valence electrons. The summed E-state index contributed by atoms with van der Waals surface area (Å²) in [5, 5.41) is 41.2. The molecule has 0 unspecified atom stereocenters. The third kappa shape index (κ3) is 9.42. The first kappa shape index (κ1) is 43.5. The molecule has 4 aromatic rings. The van der Waals surface area contributed by atoms with Gasteiger partial charge in [0.15, 0.2) is 0 Å². The van der Waals surface area contributed by atoms with Gasteiger partial charge < -0.3 is 20.4 Å². The van der Waals surface area contributed by atoms with Gasteiger partial charge in [-0.3, -0.25) is 0 Å². The van der Waals surface area contributed by atoms with Crippen molar-refractivity contribution in [1.29, 1.82) is 0 Å². The molecular formula is C49H70O4. The van der Waals surface area contributed by atoms with E-state index in [1.165, 1.54) is 44.5 Å². The summed E-state index contributed by atoms with van der Waals surface area (Å²) < 4.78 is 0. The van der Waals surface area contributed by atoms with Crippen molar-refractivity contribution in [3.05, 3.63) is 115 Å². The van der Waals surface area contributed by atoms with Crippen molar-refractivity contribution in [2.24, 2.45) is 0 Å². The molecule has 53 heavy (non-hydrogen) atoms. The average Bonchev–Trinajstić information content (AvgIpc) is 3.00. The number of aryl methyl sites for hydroxylation is 2. The lowest BCUT2D eigenvalue weighted by Crippen LogP contribution is -2.21. The Morgan fingerprint density at radius 3 is 1.04 bits per heavy atom. The van der Waals surface area contributed by atoms with Crippen molar-refractivity contribution < 1.29 is 20.4 Å². The largest absolute Gasteiger partial charge is 0.508 e. The molecule has 0 atom stereocenters. The van der Waals surface area contributed by atoms with E-state index in [-0.39, 0.29) is 33.5 Å². The second kappa shape index (κ2) is 15.4. The molecule has 0 aliphatic carbocycles. The predicted octanol–water partition coefficient (Wildman–Crippen LogP) is 13.3. The topological polar surface area (TPSA) is 80.9 Å². The van der Waals surface area contributed by atoms with Gasteiger partial charge in [0.1, 0.15) is 23.0 Å². The molecule has 0 aromatic heterocycles. The first-order valence-corrected chi connectivity index (χ1v) is 19.4. The quantitative estimate of drug-likeness (QED) is 0.165. The van der Waals surface area contributed by atoms with Crippen LogP contribution in [0.4, 0.5) is 0 Å². The van der Waals surface area contributed by atoms with Gasteiger partial charge in [0, 0.05) is 11.8 Å². The van der Waals surface area contributed by atoms with Crippen molar-refractivity contribution in [3.63, 3.8) is 0 Å². The minimum Gasteiger partial charge on any atom is -0.508 e. The molecule has 4 rings (SSSR count). The lowest BCUT2D eigenvalue weighted by Gasteiger charge is -2.32. The highest BCUT2D eigenvalue weighted by molar-refractivity contribution is 5.56. The Morgan fingerprint density at radius 1 is 0.453 bits per heavy atom. The van der Waals surface area contributed by atoms with Gasteiger partial charge in [0.2, 0.25) is 0 Å². The molecule has 0 saturated carbocycles. The van der Waals surface area contributed by atoms with Gasteiger partial charge in [0.25, 0.3) is 0 Å². The molecular weight excluding hydrogens is 653 g/mol. The summed E-state index contributed by atoms with van der Waals surface area (Å²) >= 11 is 0. The lowest BCUT2D eigenvalue weighted by molar-refractivity contribution is 0.462. The Balaban J connectivity index is 0.000000286. The maximum atomic E-state index is 10.3. The number of aromatic hydroxyl groups is 4. The molecule has 0 heterocycles. The first-order chi connectivity index (χ1) is 24.0. The zero-order valence-corrected chi connectivity index (χ0v) is 36.3. The number of hydrogen-bond donors (Lipinski definition) is 4. The highest BCUT2D eigenvalue weighted by Gasteiger charge is 2.31. The van der Waals surface area contributed by atoms with E-state index in [4.69, 9.17) is 0 Å². The molecule has 4 heteroatoms. The maximum Gasteiger partial charge on any atom is 0.118 e. The molecule has 0 aliphatic rings. The summed E-state index contributed by atoms with van der Waals surface area (Å²) in [6.45, 7) is 38.7. The van der Waals surface area contributed by atoms with Crippen molar-refractivity contribution in [2.75, 3.05) is 0 Å². The summed E-state index contributed by atoms with van der Waals surface area (Å²) in [6.07, 6.45) is 0.959. The maximum absolute atomic E-state index is 10.3. The van der Waals surface area contributed by atoms with Crippen LogP contribution in [0.5, 0.6) is 23.0 Å². The Hall–Kier alpha value is -3.92. The van der Waals surface area contributed by atoms with Crippen LogP contribution in [0, 0.1) is 27.7 Å². The molecule has 0 radical (unpaired) electrons. The Kier molecular flexibility index (Phi) is 12.7. The lowest BCUT2D eigenvalue weighted by atomic mass is 9.72. The summed E-state index contributed by atoms with van der Waals surface area (Å²) in [4.78, 5) is 0. The van der Waals surface area contributed by atoms with E-state index in [0.717, 1.165) is 28.7 Å². The number of rotatable bonds is 5. The van der Waals surface area contributed by atoms with Crippen LogP contribution in [0.25, 0.3) is 0 Å². The van der Waals surface area contributed by atoms with Crippen LogP contribution in [0.15, 0.2) is 48.5 Å². The second-order valence-electron chi connectivity index (χ2n) is 19.5. The molecule has 0 saturated heterocycles. The van der Waals surface area contributed by atoms with Gasteiger partial charge in [-0.05, 0) is 147 Å². The fourth-order valence-corrected chi connectivity index (χ4v) is 8.24. The monoisotopic (exact) mass is 723 g/mol. The van der Waals surface area contributed by atoms with Crippen LogP contribution < -0.4 is 0 Å². The van der Waals surface area contributed by atoms with Gasteiger partial charge in [-0.1, -0.05) is 121 Å². The van der Waals surface area contributed by atoms with Gasteiger partial charge in [0.05, 0.1) is 0 Å². The number of phenolic OH excluding ortho intramolecular Hbond substituents is 4. The van der Waals surface area contributed by atoms with E-state index < -0.39 is 0 Å². The average molecular weight is 723 g/mol. The summed E-state index contributed by atoms with van der Waals surface area (Å²) in [7, 11) is 0. The van der Waals surface area contributed by atoms with E-state index in [1.54, 1.807) is 12.1 Å². The normalized spacial score (nSPS) is 12.7. The van der Waals surface area contributed by atoms with E-state index in [1.807, 2.05) is 39.8 Å². The molecule has 0 spiro atoms. The third-order valence-corrected chi connectivity index (χ3v) is 10.9. The minimum absolute atomic E-state index is 0.0677.